The minimum absolute atomic E-state index is 0.129. The van der Waals surface area contributed by atoms with Gasteiger partial charge in [0.15, 0.2) is 0 Å². The second-order valence-corrected chi connectivity index (χ2v) is 7.42. The lowest BCUT2D eigenvalue weighted by Gasteiger charge is -2.07. The summed E-state index contributed by atoms with van der Waals surface area (Å²) in [7, 11) is -2.29. The van der Waals surface area contributed by atoms with E-state index in [1.54, 1.807) is 42.5 Å². The predicted molar refractivity (Wildman–Crippen MR) is 90.0 cm³/mol. The molecule has 0 bridgehead atoms. The van der Waals surface area contributed by atoms with Crippen molar-refractivity contribution in [2.75, 3.05) is 0 Å². The summed E-state index contributed by atoms with van der Waals surface area (Å²) in [6, 6.07) is 14.4. The van der Waals surface area contributed by atoms with Crippen LogP contribution < -0.4 is 0 Å². The summed E-state index contributed by atoms with van der Waals surface area (Å²) in [5, 5.41) is 0.343. The van der Waals surface area contributed by atoms with Crippen LogP contribution in [0.2, 0.25) is 5.02 Å². The van der Waals surface area contributed by atoms with E-state index in [-0.39, 0.29) is 21.5 Å². The normalized spacial score (nSPS) is 11.4. The van der Waals surface area contributed by atoms with Crippen molar-refractivity contribution in [1.82, 2.24) is 9.55 Å². The van der Waals surface area contributed by atoms with Gasteiger partial charge in [0.2, 0.25) is 20.8 Å². The van der Waals surface area contributed by atoms with Gasteiger partial charge in [0.25, 0.3) is 0 Å². The highest BCUT2D eigenvalue weighted by molar-refractivity contribution is 7.91. The summed E-state index contributed by atoms with van der Waals surface area (Å²) in [5.41, 5.74) is 0.595. The van der Waals surface area contributed by atoms with E-state index in [2.05, 4.69) is 4.98 Å². The van der Waals surface area contributed by atoms with Crippen molar-refractivity contribution in [3.05, 3.63) is 77.1 Å². The number of ketones is 1. The number of imidazole rings is 1. The molecule has 3 rings (SSSR count). The fraction of sp³-hybridized carbons (Fsp3) is 0.0588. The van der Waals surface area contributed by atoms with Gasteiger partial charge in [0.05, 0.1) is 11.1 Å². The summed E-state index contributed by atoms with van der Waals surface area (Å²) >= 11 is 5.82. The summed E-state index contributed by atoms with van der Waals surface area (Å²) in [6.07, 6.45) is 1.27. The van der Waals surface area contributed by atoms with E-state index >= 15 is 0 Å². The molecule has 7 heteroatoms. The number of hydrogen-bond acceptors (Lipinski definition) is 4. The third kappa shape index (κ3) is 2.86. The van der Waals surface area contributed by atoms with Gasteiger partial charge in [-0.15, -0.1) is 0 Å². The van der Waals surface area contributed by atoms with Gasteiger partial charge in [0, 0.05) is 17.6 Å². The molecule has 0 N–H and O–H groups in total. The molecule has 0 fully saturated rings. The molecule has 2 aromatic carbocycles. The van der Waals surface area contributed by atoms with E-state index in [0.717, 1.165) is 0 Å². The van der Waals surface area contributed by atoms with Gasteiger partial charge < -0.3 is 4.57 Å². The first-order chi connectivity index (χ1) is 11.4. The molecule has 0 aliphatic heterocycles. The fourth-order valence-electron chi connectivity index (χ4n) is 2.31. The number of carbonyl (C=O) groups excluding carboxylic acids is 1. The molecule has 3 aromatic rings. The second kappa shape index (κ2) is 6.22. The zero-order valence-electron chi connectivity index (χ0n) is 12.7. The first-order valence-electron chi connectivity index (χ1n) is 7.03. The van der Waals surface area contributed by atoms with E-state index in [9.17, 15) is 13.2 Å². The second-order valence-electron chi connectivity index (χ2n) is 5.14. The number of sulfone groups is 1. The van der Waals surface area contributed by atoms with Gasteiger partial charge in [-0.05, 0) is 36.4 Å². The molecule has 0 unspecified atom stereocenters. The van der Waals surface area contributed by atoms with Crippen LogP contribution in [-0.2, 0) is 16.9 Å². The summed E-state index contributed by atoms with van der Waals surface area (Å²) in [4.78, 5) is 16.6. The quantitative estimate of drug-likeness (QED) is 0.670. The molecule has 0 atom stereocenters. The molecule has 0 saturated carbocycles. The van der Waals surface area contributed by atoms with Crippen LogP contribution in [0.15, 0.2) is 70.8 Å². The Morgan fingerprint density at radius 1 is 1.04 bits per heavy atom. The number of rotatable bonds is 4. The maximum Gasteiger partial charge on any atom is 0.240 e. The average Bonchev–Trinajstić information content (AvgIpc) is 2.98. The number of benzene rings is 2. The van der Waals surface area contributed by atoms with Crippen LogP contribution in [-0.4, -0.2) is 23.8 Å². The number of carbonyl (C=O) groups is 1. The maximum absolute atomic E-state index is 12.7. The smallest absolute Gasteiger partial charge is 0.240 e. The van der Waals surface area contributed by atoms with Crippen LogP contribution in [0, 0.1) is 0 Å². The van der Waals surface area contributed by atoms with Gasteiger partial charge in [0.1, 0.15) is 5.69 Å². The standard InChI is InChI=1S/C17H13ClN2O3S/c1-20-15(16(21)12-7-9-13(18)10-8-12)11-19-17(20)24(22,23)14-5-3-2-4-6-14/h2-11H,1H3. The molecule has 1 heterocycles. The molecule has 0 aliphatic rings. The largest absolute Gasteiger partial charge is 0.315 e. The molecule has 24 heavy (non-hydrogen) atoms. The Bertz CT molecular complexity index is 994. The summed E-state index contributed by atoms with van der Waals surface area (Å²) in [6.45, 7) is 0. The van der Waals surface area contributed by atoms with Crippen molar-refractivity contribution in [1.29, 1.82) is 0 Å². The molecule has 1 aromatic heterocycles. The van der Waals surface area contributed by atoms with E-state index in [0.29, 0.717) is 10.6 Å². The highest BCUT2D eigenvalue weighted by Gasteiger charge is 2.26. The maximum atomic E-state index is 12.7. The average molecular weight is 361 g/mol. The number of halogens is 1. The molecule has 0 amide bonds. The van der Waals surface area contributed by atoms with Crippen molar-refractivity contribution < 1.29 is 13.2 Å². The van der Waals surface area contributed by atoms with Gasteiger partial charge >= 0.3 is 0 Å². The van der Waals surface area contributed by atoms with Crippen LogP contribution in [0.1, 0.15) is 16.1 Å². The van der Waals surface area contributed by atoms with Crippen molar-refractivity contribution >= 4 is 27.2 Å². The molecular weight excluding hydrogens is 348 g/mol. The van der Waals surface area contributed by atoms with E-state index in [1.165, 1.54) is 29.9 Å². The van der Waals surface area contributed by atoms with Crippen molar-refractivity contribution in [3.63, 3.8) is 0 Å². The number of aromatic nitrogens is 2. The SMILES string of the molecule is Cn1c(C(=O)c2ccc(Cl)cc2)cnc1S(=O)(=O)c1ccccc1. The van der Waals surface area contributed by atoms with Crippen LogP contribution in [0.5, 0.6) is 0 Å². The van der Waals surface area contributed by atoms with Gasteiger partial charge in [-0.3, -0.25) is 4.79 Å². The highest BCUT2D eigenvalue weighted by Crippen LogP contribution is 2.21. The number of nitrogens with zero attached hydrogens (tertiary/aromatic N) is 2. The lowest BCUT2D eigenvalue weighted by Crippen LogP contribution is -2.13. The Morgan fingerprint density at radius 2 is 1.67 bits per heavy atom. The van der Waals surface area contributed by atoms with Crippen LogP contribution in [0.25, 0.3) is 0 Å². The first kappa shape index (κ1) is 16.4. The van der Waals surface area contributed by atoms with E-state index < -0.39 is 9.84 Å². The minimum Gasteiger partial charge on any atom is -0.315 e. The lowest BCUT2D eigenvalue weighted by molar-refractivity contribution is 0.103. The third-order valence-electron chi connectivity index (χ3n) is 3.58. The molecule has 0 spiro atoms. The predicted octanol–water partition coefficient (Wildman–Crippen LogP) is 3.14. The van der Waals surface area contributed by atoms with E-state index in [4.69, 9.17) is 11.6 Å². The Labute approximate surface area is 144 Å². The molecule has 0 saturated heterocycles. The Hall–Kier alpha value is -2.44. The van der Waals surface area contributed by atoms with E-state index in [1.807, 2.05) is 0 Å². The molecular formula is C17H13ClN2O3S. The molecule has 5 nitrogen and oxygen atoms in total. The van der Waals surface area contributed by atoms with Crippen LogP contribution >= 0.6 is 11.6 Å². The topological polar surface area (TPSA) is 69.0 Å². The van der Waals surface area contributed by atoms with Gasteiger partial charge in [-0.1, -0.05) is 29.8 Å². The molecule has 0 radical (unpaired) electrons. The molecule has 0 aliphatic carbocycles. The fourth-order valence-corrected chi connectivity index (χ4v) is 3.81. The van der Waals surface area contributed by atoms with Crippen LogP contribution in [0.4, 0.5) is 0 Å². The Morgan fingerprint density at radius 3 is 2.29 bits per heavy atom. The summed E-state index contributed by atoms with van der Waals surface area (Å²) < 4.78 is 26.6. The molecule has 122 valence electrons. The van der Waals surface area contributed by atoms with Gasteiger partial charge in [-0.25, -0.2) is 13.4 Å². The zero-order chi connectivity index (χ0) is 17.3. The van der Waals surface area contributed by atoms with Crippen molar-refractivity contribution in [3.8, 4) is 0 Å². The third-order valence-corrected chi connectivity index (χ3v) is 5.58. The highest BCUT2D eigenvalue weighted by atomic mass is 35.5. The van der Waals surface area contributed by atoms with Crippen molar-refractivity contribution in [2.24, 2.45) is 7.05 Å². The van der Waals surface area contributed by atoms with Gasteiger partial charge in [-0.2, -0.15) is 0 Å². The Balaban J connectivity index is 2.03. The van der Waals surface area contributed by atoms with Crippen LogP contribution in [0.3, 0.4) is 0 Å². The minimum atomic E-state index is -3.79. The summed E-state index contributed by atoms with van der Waals surface area (Å²) in [5.74, 6) is -0.323. The monoisotopic (exact) mass is 360 g/mol. The Kier molecular flexibility index (Phi) is 4.26. The number of hydrogen-bond donors (Lipinski definition) is 0. The first-order valence-corrected chi connectivity index (χ1v) is 8.89. The lowest BCUT2D eigenvalue weighted by atomic mass is 10.1. The zero-order valence-corrected chi connectivity index (χ0v) is 14.3. The van der Waals surface area contributed by atoms with Crippen molar-refractivity contribution in [2.45, 2.75) is 10.1 Å².